The molecule has 1 fully saturated rings. The molecule has 0 aromatic rings. The number of Topliss-reactive ketones (excluding diaryl/α,β-unsaturated/α-hetero) is 1. The molecule has 1 heterocycles. The van der Waals surface area contributed by atoms with Gasteiger partial charge in [-0.1, -0.05) is 6.92 Å². The Bertz CT molecular complexity index is 220. The molecule has 82 valence electrons. The first-order valence-electron chi connectivity index (χ1n) is 4.28. The molecule has 0 radical (unpaired) electrons. The Morgan fingerprint density at radius 1 is 1.43 bits per heavy atom. The van der Waals surface area contributed by atoms with E-state index in [4.69, 9.17) is 7.80 Å². The molecular weight excluding hydrogens is 303 g/mol. The largest absolute Gasteiger partial charge is 0.390 e. The number of hydrogen-bond donors (Lipinski definition) is 2. The molecule has 0 spiro atoms. The van der Waals surface area contributed by atoms with E-state index in [1.54, 1.807) is 29.9 Å². The number of ether oxygens (including phenoxy) is 1. The van der Waals surface area contributed by atoms with Crippen LogP contribution in [0.3, 0.4) is 0 Å². The van der Waals surface area contributed by atoms with Crippen LogP contribution < -0.4 is 0 Å². The van der Waals surface area contributed by atoms with E-state index in [0.717, 1.165) is 0 Å². The van der Waals surface area contributed by atoms with Gasteiger partial charge in [-0.2, -0.15) is 0 Å². The van der Waals surface area contributed by atoms with Gasteiger partial charge in [0.05, 0.1) is 6.10 Å². The molecule has 1 rings (SSSR count). The number of carbonyl (C=O) groups excluding carboxylic acids is 1. The highest BCUT2D eigenvalue weighted by Gasteiger charge is 2.44. The van der Waals surface area contributed by atoms with Crippen molar-refractivity contribution < 1.29 is 22.8 Å². The fraction of sp³-hybridized carbons (Fsp3) is 0.875. The van der Waals surface area contributed by atoms with E-state index in [2.05, 4.69) is 0 Å². The van der Waals surface area contributed by atoms with Crippen molar-refractivity contribution in [1.29, 1.82) is 0 Å². The number of ketones is 1. The van der Waals surface area contributed by atoms with E-state index < -0.39 is 30.5 Å². The van der Waals surface area contributed by atoms with Crippen molar-refractivity contribution in [2.45, 2.75) is 38.4 Å². The second-order valence-electron chi connectivity index (χ2n) is 3.47. The zero-order valence-corrected chi connectivity index (χ0v) is 10.0. The first-order valence-corrected chi connectivity index (χ1v) is 5.16. The Morgan fingerprint density at radius 3 is 2.43 bits per heavy atom. The number of rotatable bonds is 2. The third-order valence-electron chi connectivity index (χ3n) is 2.41. The quantitative estimate of drug-likeness (QED) is 0.703. The van der Waals surface area contributed by atoms with Gasteiger partial charge in [0, 0.05) is 5.92 Å². The Morgan fingerprint density at radius 2 is 2.00 bits per heavy atom. The van der Waals surface area contributed by atoms with Crippen molar-refractivity contribution in [3.05, 3.63) is 0 Å². The lowest BCUT2D eigenvalue weighted by Crippen LogP contribution is -2.55. The standard InChI is InChI=1S/C8H13IO5/c1-3-5(11)6(12)8(14-9)13-7(3)4(2)10/h3,5-8,11-12H,1-2H3/t3-,5+,6-,7+,8+/m1/s1. The van der Waals surface area contributed by atoms with Gasteiger partial charge in [0.25, 0.3) is 0 Å². The van der Waals surface area contributed by atoms with Gasteiger partial charge in [-0.05, 0) is 6.92 Å². The summed E-state index contributed by atoms with van der Waals surface area (Å²) in [5.41, 5.74) is 0. The lowest BCUT2D eigenvalue weighted by Gasteiger charge is -2.39. The summed E-state index contributed by atoms with van der Waals surface area (Å²) in [6, 6.07) is 0. The predicted molar refractivity (Wildman–Crippen MR) is 55.6 cm³/mol. The molecule has 0 saturated carbocycles. The summed E-state index contributed by atoms with van der Waals surface area (Å²) < 4.78 is 9.99. The number of hydrogen-bond acceptors (Lipinski definition) is 5. The van der Waals surface area contributed by atoms with Crippen LogP contribution in [0.15, 0.2) is 0 Å². The monoisotopic (exact) mass is 316 g/mol. The number of aliphatic hydroxyl groups is 2. The van der Waals surface area contributed by atoms with Gasteiger partial charge in [0.15, 0.2) is 12.1 Å². The van der Waals surface area contributed by atoms with Crippen molar-refractivity contribution in [2.24, 2.45) is 5.92 Å². The third kappa shape index (κ3) is 2.25. The molecule has 2 N–H and O–H groups in total. The fourth-order valence-electron chi connectivity index (χ4n) is 1.54. The van der Waals surface area contributed by atoms with Gasteiger partial charge in [0.1, 0.15) is 35.2 Å². The van der Waals surface area contributed by atoms with Crippen molar-refractivity contribution >= 4 is 28.8 Å². The zero-order valence-electron chi connectivity index (χ0n) is 7.88. The minimum absolute atomic E-state index is 0.179. The summed E-state index contributed by atoms with van der Waals surface area (Å²) in [5.74, 6) is -0.604. The maximum absolute atomic E-state index is 11.1. The van der Waals surface area contributed by atoms with Gasteiger partial charge in [-0.15, -0.1) is 0 Å². The molecule has 0 aliphatic carbocycles. The van der Waals surface area contributed by atoms with Crippen LogP contribution in [0, 0.1) is 5.92 Å². The Hall–Kier alpha value is 0.240. The van der Waals surface area contributed by atoms with E-state index in [0.29, 0.717) is 0 Å². The molecule has 1 aliphatic rings. The third-order valence-corrected chi connectivity index (χ3v) is 2.92. The van der Waals surface area contributed by atoms with Gasteiger partial charge in [0.2, 0.25) is 0 Å². The summed E-state index contributed by atoms with van der Waals surface area (Å²) in [6.45, 7) is 3.04. The highest BCUT2D eigenvalue weighted by atomic mass is 127. The molecule has 0 unspecified atom stereocenters. The van der Waals surface area contributed by atoms with E-state index in [1.807, 2.05) is 0 Å². The first-order chi connectivity index (χ1) is 6.49. The Labute approximate surface area is 96.1 Å². The number of carbonyl (C=O) groups is 1. The van der Waals surface area contributed by atoms with Gasteiger partial charge < -0.3 is 14.9 Å². The second-order valence-corrected chi connectivity index (χ2v) is 3.97. The van der Waals surface area contributed by atoms with Crippen molar-refractivity contribution in [1.82, 2.24) is 0 Å². The smallest absolute Gasteiger partial charge is 0.198 e. The maximum Gasteiger partial charge on any atom is 0.198 e. The van der Waals surface area contributed by atoms with Crippen LogP contribution in [0.25, 0.3) is 0 Å². The predicted octanol–water partition coefficient (Wildman–Crippen LogP) is 0.0248. The van der Waals surface area contributed by atoms with Crippen LogP contribution in [0.1, 0.15) is 13.8 Å². The first kappa shape index (κ1) is 12.3. The molecule has 5 atom stereocenters. The van der Waals surface area contributed by atoms with Crippen molar-refractivity contribution in [2.75, 3.05) is 0 Å². The highest BCUT2D eigenvalue weighted by molar-refractivity contribution is 14.1. The summed E-state index contributed by atoms with van der Waals surface area (Å²) in [5, 5.41) is 19.1. The Balaban J connectivity index is 2.78. The van der Waals surface area contributed by atoms with E-state index in [9.17, 15) is 15.0 Å². The minimum atomic E-state index is -1.11. The molecule has 1 saturated heterocycles. The number of aliphatic hydroxyl groups excluding tert-OH is 2. The molecule has 5 nitrogen and oxygen atoms in total. The van der Waals surface area contributed by atoms with E-state index >= 15 is 0 Å². The van der Waals surface area contributed by atoms with Crippen LogP contribution in [0.2, 0.25) is 0 Å². The van der Waals surface area contributed by atoms with Crippen LogP contribution >= 0.6 is 23.0 Å². The lowest BCUT2D eigenvalue weighted by molar-refractivity contribution is -0.240. The minimum Gasteiger partial charge on any atom is -0.390 e. The normalized spacial score (nSPS) is 43.6. The molecule has 14 heavy (non-hydrogen) atoms. The molecule has 0 amide bonds. The van der Waals surface area contributed by atoms with Crippen LogP contribution in [-0.2, 0) is 12.6 Å². The highest BCUT2D eigenvalue weighted by Crippen LogP contribution is 2.27. The van der Waals surface area contributed by atoms with Crippen LogP contribution in [-0.4, -0.2) is 40.6 Å². The van der Waals surface area contributed by atoms with Crippen molar-refractivity contribution in [3.8, 4) is 0 Å². The van der Waals surface area contributed by atoms with Crippen molar-refractivity contribution in [3.63, 3.8) is 0 Å². The zero-order chi connectivity index (χ0) is 10.9. The topological polar surface area (TPSA) is 76.0 Å². The molecule has 0 aromatic carbocycles. The van der Waals surface area contributed by atoms with Gasteiger partial charge in [-0.3, -0.25) is 7.86 Å². The average Bonchev–Trinajstić information content (AvgIpc) is 2.14. The summed E-state index contributed by atoms with van der Waals surface area (Å²) >= 11 is 1.57. The Kier molecular flexibility index (Phi) is 4.26. The summed E-state index contributed by atoms with van der Waals surface area (Å²) in [7, 11) is 0. The SMILES string of the molecule is CC(=O)[C@H]1O[C@@H](OI)[C@H](O)[C@@H](O)[C@H]1C. The fourth-order valence-corrected chi connectivity index (χ4v) is 1.96. The van der Waals surface area contributed by atoms with E-state index in [-0.39, 0.29) is 5.78 Å². The van der Waals surface area contributed by atoms with E-state index in [1.165, 1.54) is 6.92 Å². The number of halogens is 1. The molecular formula is C8H13IO5. The maximum atomic E-state index is 11.1. The van der Waals surface area contributed by atoms with Gasteiger partial charge >= 0.3 is 0 Å². The molecule has 0 bridgehead atoms. The van der Waals surface area contributed by atoms with Gasteiger partial charge in [-0.25, -0.2) is 0 Å². The molecule has 0 aromatic heterocycles. The molecule has 1 aliphatic heterocycles. The lowest BCUT2D eigenvalue weighted by atomic mass is 9.89. The van der Waals surface area contributed by atoms with Crippen LogP contribution in [0.5, 0.6) is 0 Å². The summed E-state index contributed by atoms with van der Waals surface area (Å²) in [4.78, 5) is 11.1. The molecule has 6 heteroatoms. The average molecular weight is 316 g/mol. The van der Waals surface area contributed by atoms with Crippen LogP contribution in [0.4, 0.5) is 0 Å². The summed E-state index contributed by atoms with van der Waals surface area (Å²) in [6.07, 6.45) is -3.78. The second kappa shape index (κ2) is 4.84.